The number of thiazole rings is 2. The molecule has 3 aromatic rings. The number of hydrogen-bond donors (Lipinski definition) is 0. The molecule has 0 spiro atoms. The molecule has 3 rings (SSSR count). The molecule has 0 fully saturated rings. The molecule has 0 saturated heterocycles. The van der Waals surface area contributed by atoms with Crippen LogP contribution in [-0.4, -0.2) is 9.13 Å². The van der Waals surface area contributed by atoms with Gasteiger partial charge in [-0.2, -0.15) is 0 Å². The predicted octanol–water partition coefficient (Wildman–Crippen LogP) is 5.02. The van der Waals surface area contributed by atoms with Crippen molar-refractivity contribution in [2.45, 2.75) is 34.6 Å². The minimum absolute atomic E-state index is 0.0467. The van der Waals surface area contributed by atoms with Gasteiger partial charge in [-0.05, 0) is 69.6 Å². The third-order valence-electron chi connectivity index (χ3n) is 4.38. The standard InChI is InChI=1S/C17H18N2OS3/c1-9-7-22-16(20)18(9)14-6-15(13(5)11(3)12(14)4)19-10(2)8-23-17(19)21/h6-8H,1-5H3. The van der Waals surface area contributed by atoms with Gasteiger partial charge in [0.1, 0.15) is 0 Å². The first-order valence-corrected chi connectivity index (χ1v) is 9.45. The molecule has 0 aliphatic rings. The van der Waals surface area contributed by atoms with E-state index in [0.29, 0.717) is 0 Å². The Balaban J connectivity index is 2.41. The Morgan fingerprint density at radius 2 is 1.35 bits per heavy atom. The smallest absolute Gasteiger partial charge is 0.296 e. The van der Waals surface area contributed by atoms with Crippen LogP contribution in [-0.2, 0) is 0 Å². The molecule has 1 aromatic carbocycles. The van der Waals surface area contributed by atoms with Gasteiger partial charge in [-0.3, -0.25) is 13.9 Å². The first-order chi connectivity index (χ1) is 10.8. The summed E-state index contributed by atoms with van der Waals surface area (Å²) in [4.78, 5) is 12.3. The summed E-state index contributed by atoms with van der Waals surface area (Å²) in [5.41, 5.74) is 7.61. The molecule has 2 heterocycles. The number of hydrogen-bond acceptors (Lipinski definition) is 4. The monoisotopic (exact) mass is 362 g/mol. The van der Waals surface area contributed by atoms with Crippen molar-refractivity contribution < 1.29 is 0 Å². The van der Waals surface area contributed by atoms with Crippen LogP contribution in [0.4, 0.5) is 0 Å². The van der Waals surface area contributed by atoms with Crippen LogP contribution >= 0.6 is 34.9 Å². The highest BCUT2D eigenvalue weighted by atomic mass is 32.1. The minimum atomic E-state index is 0.0467. The molecule has 0 bridgehead atoms. The summed E-state index contributed by atoms with van der Waals surface area (Å²) in [7, 11) is 0. The molecule has 23 heavy (non-hydrogen) atoms. The maximum atomic E-state index is 12.3. The Kier molecular flexibility index (Phi) is 4.16. The molecule has 0 aliphatic heterocycles. The maximum absolute atomic E-state index is 12.3. The molecule has 0 saturated carbocycles. The molecular weight excluding hydrogens is 344 g/mol. The van der Waals surface area contributed by atoms with E-state index in [9.17, 15) is 4.79 Å². The molecule has 3 nitrogen and oxygen atoms in total. The average molecular weight is 363 g/mol. The van der Waals surface area contributed by atoms with Gasteiger partial charge in [0.05, 0.1) is 11.4 Å². The van der Waals surface area contributed by atoms with Crippen molar-refractivity contribution in [3.05, 3.63) is 58.5 Å². The zero-order chi connectivity index (χ0) is 16.9. The fraction of sp³-hybridized carbons (Fsp3) is 0.294. The van der Waals surface area contributed by atoms with Crippen molar-refractivity contribution >= 4 is 34.9 Å². The van der Waals surface area contributed by atoms with Crippen molar-refractivity contribution in [3.8, 4) is 11.4 Å². The Labute approximate surface area is 148 Å². The average Bonchev–Trinajstić information content (AvgIpc) is 3.01. The van der Waals surface area contributed by atoms with Gasteiger partial charge in [-0.1, -0.05) is 11.3 Å². The number of aryl methyl sites for hydroxylation is 2. The second-order valence-electron chi connectivity index (χ2n) is 5.75. The summed E-state index contributed by atoms with van der Waals surface area (Å²) in [6.45, 7) is 10.3. The van der Waals surface area contributed by atoms with Gasteiger partial charge < -0.3 is 0 Å². The van der Waals surface area contributed by atoms with Crippen LogP contribution in [0.1, 0.15) is 28.1 Å². The minimum Gasteiger partial charge on any atom is -0.296 e. The molecular formula is C17H18N2OS3. The van der Waals surface area contributed by atoms with Crippen LogP contribution in [0.3, 0.4) is 0 Å². The molecule has 0 unspecified atom stereocenters. The molecule has 0 aliphatic carbocycles. The number of rotatable bonds is 2. The zero-order valence-corrected chi connectivity index (χ0v) is 16.2. The van der Waals surface area contributed by atoms with Crippen molar-refractivity contribution in [1.29, 1.82) is 0 Å². The van der Waals surface area contributed by atoms with Crippen LogP contribution in [0, 0.1) is 38.6 Å². The summed E-state index contributed by atoms with van der Waals surface area (Å²) in [6, 6.07) is 2.09. The van der Waals surface area contributed by atoms with Crippen molar-refractivity contribution in [1.82, 2.24) is 9.13 Å². The normalized spacial score (nSPS) is 11.2. The molecule has 0 radical (unpaired) electrons. The van der Waals surface area contributed by atoms with Crippen molar-refractivity contribution in [2.75, 3.05) is 0 Å². The summed E-state index contributed by atoms with van der Waals surface area (Å²) in [5.74, 6) is 0. The van der Waals surface area contributed by atoms with E-state index in [1.165, 1.54) is 22.5 Å². The fourth-order valence-electron chi connectivity index (χ4n) is 2.82. The number of benzene rings is 1. The van der Waals surface area contributed by atoms with Crippen LogP contribution in [0.15, 0.2) is 21.6 Å². The number of aromatic nitrogens is 2. The van der Waals surface area contributed by atoms with Gasteiger partial charge in [0.15, 0.2) is 3.95 Å². The maximum Gasteiger partial charge on any atom is 0.311 e. The quantitative estimate of drug-likeness (QED) is 0.598. The first-order valence-electron chi connectivity index (χ1n) is 7.28. The second-order valence-corrected chi connectivity index (χ2v) is 8.07. The van der Waals surface area contributed by atoms with E-state index < -0.39 is 0 Å². The topological polar surface area (TPSA) is 26.9 Å². The lowest BCUT2D eigenvalue weighted by molar-refractivity contribution is 0.936. The zero-order valence-electron chi connectivity index (χ0n) is 13.8. The van der Waals surface area contributed by atoms with E-state index in [1.54, 1.807) is 15.9 Å². The Bertz CT molecular complexity index is 939. The lowest BCUT2D eigenvalue weighted by atomic mass is 10.00. The van der Waals surface area contributed by atoms with Crippen molar-refractivity contribution in [3.63, 3.8) is 0 Å². The third kappa shape index (κ3) is 2.55. The molecule has 6 heteroatoms. The molecule has 0 atom stereocenters. The summed E-state index contributed by atoms with van der Waals surface area (Å²) in [6.07, 6.45) is 0. The first kappa shape index (κ1) is 16.4. The van der Waals surface area contributed by atoms with Crippen LogP contribution < -0.4 is 4.87 Å². The summed E-state index contributed by atoms with van der Waals surface area (Å²) in [5, 5.41) is 3.97. The molecule has 120 valence electrons. The van der Waals surface area contributed by atoms with E-state index >= 15 is 0 Å². The van der Waals surface area contributed by atoms with E-state index in [0.717, 1.165) is 32.3 Å². The number of nitrogens with zero attached hydrogens (tertiary/aromatic N) is 2. The van der Waals surface area contributed by atoms with Gasteiger partial charge >= 0.3 is 4.87 Å². The molecule has 2 aromatic heterocycles. The Morgan fingerprint density at radius 1 is 0.826 bits per heavy atom. The van der Waals surface area contributed by atoms with E-state index in [2.05, 4.69) is 43.7 Å². The highest BCUT2D eigenvalue weighted by Crippen LogP contribution is 2.29. The lowest BCUT2D eigenvalue weighted by Gasteiger charge is -2.19. The Hall–Kier alpha value is -1.50. The fourth-order valence-corrected chi connectivity index (χ4v) is 4.66. The van der Waals surface area contributed by atoms with Crippen molar-refractivity contribution in [2.24, 2.45) is 0 Å². The van der Waals surface area contributed by atoms with Gasteiger partial charge in [0, 0.05) is 22.1 Å². The summed E-state index contributed by atoms with van der Waals surface area (Å²) < 4.78 is 4.72. The van der Waals surface area contributed by atoms with E-state index in [1.807, 2.05) is 12.3 Å². The van der Waals surface area contributed by atoms with E-state index in [4.69, 9.17) is 12.2 Å². The van der Waals surface area contributed by atoms with E-state index in [-0.39, 0.29) is 4.87 Å². The second kappa shape index (κ2) is 5.85. The van der Waals surface area contributed by atoms with Gasteiger partial charge in [-0.15, -0.1) is 11.3 Å². The largest absolute Gasteiger partial charge is 0.311 e. The van der Waals surface area contributed by atoms with Crippen LogP contribution in [0.2, 0.25) is 0 Å². The van der Waals surface area contributed by atoms with Gasteiger partial charge in [-0.25, -0.2) is 0 Å². The highest BCUT2D eigenvalue weighted by molar-refractivity contribution is 7.73. The molecule has 0 amide bonds. The van der Waals surface area contributed by atoms with Gasteiger partial charge in [0.25, 0.3) is 0 Å². The summed E-state index contributed by atoms with van der Waals surface area (Å²) >= 11 is 8.30. The molecule has 0 N–H and O–H groups in total. The lowest BCUT2D eigenvalue weighted by Crippen LogP contribution is -2.15. The highest BCUT2D eigenvalue weighted by Gasteiger charge is 2.16. The third-order valence-corrected chi connectivity index (χ3v) is 6.54. The predicted molar refractivity (Wildman–Crippen MR) is 102 cm³/mol. The Morgan fingerprint density at radius 3 is 1.83 bits per heavy atom. The van der Waals surface area contributed by atoms with Gasteiger partial charge in [0.2, 0.25) is 0 Å². The van der Waals surface area contributed by atoms with Crippen LogP contribution in [0.25, 0.3) is 11.4 Å². The van der Waals surface area contributed by atoms with Crippen LogP contribution in [0.5, 0.6) is 0 Å². The SMILES string of the molecule is Cc1c(-n2c(C)csc2=O)cc(-n2c(C)csc2=S)c(C)c1C.